The number of hydrogen-bond acceptors (Lipinski definition) is 11. The maximum Gasteiger partial charge on any atom is 0.528 e. The fourth-order valence-corrected chi connectivity index (χ4v) is 3.97. The largest absolute Gasteiger partial charge is 0.528 e. The number of aryl methyl sites for hydroxylation is 1. The van der Waals surface area contributed by atoms with E-state index >= 15 is 0 Å². The van der Waals surface area contributed by atoms with Crippen molar-refractivity contribution in [3.05, 3.63) is 29.7 Å². The monoisotopic (exact) mass is 486 g/mol. The number of anilines is 3. The Hall–Kier alpha value is -3.18. The highest BCUT2D eigenvalue weighted by Gasteiger charge is 2.25. The number of carbonyl (C=O) groups excluding carboxylic acids is 1. The molecule has 0 saturated carbocycles. The van der Waals surface area contributed by atoms with Gasteiger partial charge in [-0.05, 0) is 39.8 Å². The molecule has 0 aliphatic carbocycles. The van der Waals surface area contributed by atoms with E-state index in [2.05, 4.69) is 20.2 Å². The highest BCUT2D eigenvalue weighted by Crippen LogP contribution is 2.28. The quantitative estimate of drug-likeness (QED) is 0.581. The van der Waals surface area contributed by atoms with Crippen molar-refractivity contribution in [3.63, 3.8) is 0 Å². The van der Waals surface area contributed by atoms with Crippen LogP contribution in [0.2, 0.25) is 0 Å². The van der Waals surface area contributed by atoms with Crippen molar-refractivity contribution in [1.29, 1.82) is 0 Å². The van der Waals surface area contributed by atoms with E-state index in [4.69, 9.17) is 24.0 Å². The lowest BCUT2D eigenvalue weighted by molar-refractivity contribution is -0.151. The van der Waals surface area contributed by atoms with Crippen molar-refractivity contribution < 1.29 is 23.8 Å². The number of piperidine rings is 1. The normalized spacial score (nSPS) is 17.3. The summed E-state index contributed by atoms with van der Waals surface area (Å²) in [5.74, 6) is 2.17. The van der Waals surface area contributed by atoms with Gasteiger partial charge in [-0.15, -0.1) is 5.06 Å². The van der Waals surface area contributed by atoms with Crippen LogP contribution in [0.3, 0.4) is 0 Å². The first-order chi connectivity index (χ1) is 16.9. The highest BCUT2D eigenvalue weighted by atomic mass is 16.8. The van der Waals surface area contributed by atoms with Gasteiger partial charge in [-0.1, -0.05) is 0 Å². The Kier molecular flexibility index (Phi) is 8.19. The zero-order valence-corrected chi connectivity index (χ0v) is 20.8. The molecular weight excluding hydrogens is 452 g/mol. The molecule has 0 atom stereocenters. The number of carbonyl (C=O) groups is 1. The van der Waals surface area contributed by atoms with Crippen LogP contribution < -0.4 is 15.0 Å². The fraction of sp³-hybridized carbons (Fsp3) is 0.583. The summed E-state index contributed by atoms with van der Waals surface area (Å²) in [7, 11) is 0. The lowest BCUT2D eigenvalue weighted by atomic mass is 10.1. The third kappa shape index (κ3) is 6.70. The van der Waals surface area contributed by atoms with Crippen LogP contribution in [0.25, 0.3) is 0 Å². The van der Waals surface area contributed by atoms with Crippen molar-refractivity contribution >= 4 is 23.5 Å². The minimum absolute atomic E-state index is 0.0337. The number of rotatable bonds is 7. The van der Waals surface area contributed by atoms with Gasteiger partial charge in [-0.25, -0.2) is 19.7 Å². The van der Waals surface area contributed by atoms with Gasteiger partial charge in [0, 0.05) is 39.0 Å². The van der Waals surface area contributed by atoms with Gasteiger partial charge in [0.2, 0.25) is 5.88 Å². The fourth-order valence-electron chi connectivity index (χ4n) is 3.97. The molecule has 0 amide bonds. The topological polar surface area (TPSA) is 111 Å². The van der Waals surface area contributed by atoms with E-state index in [9.17, 15) is 4.79 Å². The average molecular weight is 487 g/mol. The minimum atomic E-state index is -0.676. The number of nitrogens with zero attached hydrogens (tertiary/aromatic N) is 5. The molecule has 2 aromatic rings. The number of ether oxygens (including phenoxy) is 3. The predicted molar refractivity (Wildman–Crippen MR) is 130 cm³/mol. The van der Waals surface area contributed by atoms with Crippen LogP contribution in [-0.4, -0.2) is 77.8 Å². The number of nitrogens with one attached hydrogen (secondary N) is 1. The SMILES string of the molecule is Cc1nc(N2CCOCC2)ccc1Nc1ncnc(OC2CCN(OC(=O)OC(C)C)CC2)c1C. The van der Waals surface area contributed by atoms with Crippen molar-refractivity contribution in [2.24, 2.45) is 0 Å². The number of pyridine rings is 1. The van der Waals surface area contributed by atoms with Crippen LogP contribution in [-0.2, 0) is 14.3 Å². The van der Waals surface area contributed by atoms with Gasteiger partial charge in [0.15, 0.2) is 0 Å². The van der Waals surface area contributed by atoms with Gasteiger partial charge in [-0.3, -0.25) is 0 Å². The van der Waals surface area contributed by atoms with Crippen LogP contribution in [0.5, 0.6) is 5.88 Å². The molecule has 0 radical (unpaired) electrons. The molecule has 0 aromatic carbocycles. The standard InChI is InChI=1S/C24H34N6O5/c1-16(2)33-24(31)35-30-9-7-19(8-10-30)34-23-17(3)22(25-15-26-23)28-20-5-6-21(27-18(20)4)29-11-13-32-14-12-29/h5-6,15-16,19H,7-14H2,1-4H3,(H,25,26,28). The highest BCUT2D eigenvalue weighted by molar-refractivity contribution is 5.64. The maximum absolute atomic E-state index is 11.7. The molecule has 2 saturated heterocycles. The van der Waals surface area contributed by atoms with Gasteiger partial charge < -0.3 is 29.3 Å². The molecule has 2 fully saturated rings. The van der Waals surface area contributed by atoms with Gasteiger partial charge in [0.1, 0.15) is 24.1 Å². The average Bonchev–Trinajstić information content (AvgIpc) is 2.84. The zero-order chi connectivity index (χ0) is 24.8. The van der Waals surface area contributed by atoms with Crippen molar-refractivity contribution in [2.75, 3.05) is 49.6 Å². The van der Waals surface area contributed by atoms with Crippen LogP contribution in [0.4, 0.5) is 22.1 Å². The third-order valence-corrected chi connectivity index (χ3v) is 5.91. The molecule has 4 rings (SSSR count). The summed E-state index contributed by atoms with van der Waals surface area (Å²) in [5.41, 5.74) is 2.59. The molecule has 0 unspecified atom stereocenters. The minimum Gasteiger partial charge on any atom is -0.474 e. The summed E-state index contributed by atoms with van der Waals surface area (Å²) < 4.78 is 16.6. The Morgan fingerprint density at radius 2 is 1.86 bits per heavy atom. The molecule has 2 aromatic heterocycles. The van der Waals surface area contributed by atoms with E-state index in [-0.39, 0.29) is 12.2 Å². The summed E-state index contributed by atoms with van der Waals surface area (Å²) in [5, 5.41) is 4.99. The summed E-state index contributed by atoms with van der Waals surface area (Å²) in [6.07, 6.45) is 1.98. The van der Waals surface area contributed by atoms with Gasteiger partial charge in [-0.2, -0.15) is 0 Å². The molecule has 1 N–H and O–H groups in total. The summed E-state index contributed by atoms with van der Waals surface area (Å²) in [4.78, 5) is 32.7. The van der Waals surface area contributed by atoms with E-state index in [1.54, 1.807) is 18.9 Å². The molecule has 11 heteroatoms. The summed E-state index contributed by atoms with van der Waals surface area (Å²) in [6, 6.07) is 4.04. The van der Waals surface area contributed by atoms with Crippen LogP contribution >= 0.6 is 0 Å². The first-order valence-electron chi connectivity index (χ1n) is 12.1. The summed E-state index contributed by atoms with van der Waals surface area (Å²) in [6.45, 7) is 11.7. The maximum atomic E-state index is 11.7. The van der Waals surface area contributed by atoms with Crippen LogP contribution in [0.15, 0.2) is 18.5 Å². The second kappa shape index (κ2) is 11.5. The van der Waals surface area contributed by atoms with E-state index < -0.39 is 6.16 Å². The predicted octanol–water partition coefficient (Wildman–Crippen LogP) is 3.39. The summed E-state index contributed by atoms with van der Waals surface area (Å²) >= 11 is 0. The lowest BCUT2D eigenvalue weighted by Gasteiger charge is -2.30. The smallest absolute Gasteiger partial charge is 0.474 e. The Labute approximate surface area is 205 Å². The number of aromatic nitrogens is 3. The molecule has 2 aliphatic rings. The molecule has 35 heavy (non-hydrogen) atoms. The van der Waals surface area contributed by atoms with Crippen LogP contribution in [0, 0.1) is 13.8 Å². The second-order valence-electron chi connectivity index (χ2n) is 8.93. The van der Waals surface area contributed by atoms with Gasteiger partial charge >= 0.3 is 6.16 Å². The number of hydroxylamine groups is 2. The Bertz CT molecular complexity index is 1010. The van der Waals surface area contributed by atoms with Crippen molar-refractivity contribution in [2.45, 2.75) is 52.7 Å². The Morgan fingerprint density at radius 1 is 1.11 bits per heavy atom. The van der Waals surface area contributed by atoms with Gasteiger partial charge in [0.05, 0.1) is 36.3 Å². The van der Waals surface area contributed by atoms with E-state index in [1.165, 1.54) is 6.33 Å². The molecule has 190 valence electrons. The molecular formula is C24H34N6O5. The first kappa shape index (κ1) is 24.9. The van der Waals surface area contributed by atoms with E-state index in [1.807, 2.05) is 26.0 Å². The molecule has 0 bridgehead atoms. The van der Waals surface area contributed by atoms with E-state index in [0.29, 0.717) is 37.6 Å². The lowest BCUT2D eigenvalue weighted by Crippen LogP contribution is -2.40. The van der Waals surface area contributed by atoms with Crippen LogP contribution in [0.1, 0.15) is 37.9 Å². The van der Waals surface area contributed by atoms with Crippen molar-refractivity contribution in [1.82, 2.24) is 20.0 Å². The van der Waals surface area contributed by atoms with E-state index in [0.717, 1.165) is 49.1 Å². The molecule has 0 spiro atoms. The van der Waals surface area contributed by atoms with Gasteiger partial charge in [0.25, 0.3) is 0 Å². The third-order valence-electron chi connectivity index (χ3n) is 5.91. The second-order valence-corrected chi connectivity index (χ2v) is 8.93. The number of hydrogen-bond donors (Lipinski definition) is 1. The Balaban J connectivity index is 1.34. The molecule has 11 nitrogen and oxygen atoms in total. The molecule has 4 heterocycles. The van der Waals surface area contributed by atoms with Crippen molar-refractivity contribution in [3.8, 4) is 5.88 Å². The zero-order valence-electron chi connectivity index (χ0n) is 20.8. The number of morpholine rings is 1. The first-order valence-corrected chi connectivity index (χ1v) is 12.1. The Morgan fingerprint density at radius 3 is 2.54 bits per heavy atom. The molecule has 2 aliphatic heterocycles.